The van der Waals surface area contributed by atoms with Crippen LogP contribution in [-0.4, -0.2) is 6.54 Å². The number of hydrogen-bond donors (Lipinski definition) is 2. The van der Waals surface area contributed by atoms with E-state index in [1.54, 1.807) is 12.1 Å². The van der Waals surface area contributed by atoms with E-state index in [9.17, 15) is 0 Å². The molecule has 20 heavy (non-hydrogen) atoms. The average Bonchev–Trinajstić information content (AvgIpc) is 2.47. The summed E-state index contributed by atoms with van der Waals surface area (Å²) in [4.78, 5) is 0. The van der Waals surface area contributed by atoms with E-state index < -0.39 is 0 Å². The van der Waals surface area contributed by atoms with Gasteiger partial charge in [-0.1, -0.05) is 11.6 Å². The van der Waals surface area contributed by atoms with Gasteiger partial charge in [-0.3, -0.25) is 0 Å². The molecule has 0 atom stereocenters. The van der Waals surface area contributed by atoms with E-state index in [1.807, 2.05) is 12.1 Å². The second-order valence-corrected chi connectivity index (χ2v) is 5.24. The van der Waals surface area contributed by atoms with E-state index >= 15 is 0 Å². The first kappa shape index (κ1) is 12.8. The molecule has 0 radical (unpaired) electrons. The van der Waals surface area contributed by atoms with Crippen molar-refractivity contribution in [2.24, 2.45) is 0 Å². The predicted molar refractivity (Wildman–Crippen MR) is 82.7 cm³/mol. The van der Waals surface area contributed by atoms with Crippen LogP contribution in [0.25, 0.3) is 0 Å². The Bertz CT molecular complexity index is 689. The third-order valence-corrected chi connectivity index (χ3v) is 3.73. The van der Waals surface area contributed by atoms with Crippen LogP contribution in [0, 0.1) is 11.3 Å². The van der Waals surface area contributed by atoms with Gasteiger partial charge in [0.2, 0.25) is 0 Å². The van der Waals surface area contributed by atoms with Crippen LogP contribution in [-0.2, 0) is 6.42 Å². The molecule has 3 nitrogen and oxygen atoms in total. The lowest BCUT2D eigenvalue weighted by Crippen LogP contribution is -2.11. The minimum atomic E-state index is 0.470. The van der Waals surface area contributed by atoms with Crippen LogP contribution >= 0.6 is 11.6 Å². The number of benzene rings is 2. The van der Waals surface area contributed by atoms with Gasteiger partial charge in [0, 0.05) is 23.6 Å². The summed E-state index contributed by atoms with van der Waals surface area (Å²) in [5, 5.41) is 16.1. The number of anilines is 3. The fourth-order valence-electron chi connectivity index (χ4n) is 2.40. The maximum absolute atomic E-state index is 8.87. The van der Waals surface area contributed by atoms with Crippen molar-refractivity contribution >= 4 is 28.7 Å². The number of nitriles is 1. The molecule has 2 aromatic carbocycles. The topological polar surface area (TPSA) is 47.9 Å². The zero-order valence-corrected chi connectivity index (χ0v) is 11.7. The summed E-state index contributed by atoms with van der Waals surface area (Å²) < 4.78 is 0. The molecule has 1 heterocycles. The zero-order chi connectivity index (χ0) is 13.9. The molecule has 0 spiro atoms. The van der Waals surface area contributed by atoms with E-state index in [0.29, 0.717) is 10.6 Å². The van der Waals surface area contributed by atoms with Crippen LogP contribution < -0.4 is 10.6 Å². The molecule has 100 valence electrons. The van der Waals surface area contributed by atoms with Gasteiger partial charge in [0.05, 0.1) is 10.6 Å². The van der Waals surface area contributed by atoms with Crippen molar-refractivity contribution in [1.29, 1.82) is 5.26 Å². The van der Waals surface area contributed by atoms with Crippen LogP contribution in [0.4, 0.5) is 17.1 Å². The van der Waals surface area contributed by atoms with Crippen molar-refractivity contribution in [3.63, 3.8) is 0 Å². The molecular weight excluding hydrogens is 270 g/mol. The quantitative estimate of drug-likeness (QED) is 0.863. The summed E-state index contributed by atoms with van der Waals surface area (Å²) in [5.41, 5.74) is 4.97. The number of nitrogens with zero attached hydrogens (tertiary/aromatic N) is 1. The van der Waals surface area contributed by atoms with Crippen molar-refractivity contribution < 1.29 is 0 Å². The van der Waals surface area contributed by atoms with Crippen molar-refractivity contribution in [3.05, 3.63) is 52.5 Å². The molecule has 0 aliphatic carbocycles. The molecule has 0 unspecified atom stereocenters. The van der Waals surface area contributed by atoms with E-state index in [4.69, 9.17) is 16.9 Å². The third-order valence-electron chi connectivity index (χ3n) is 3.42. The molecule has 0 saturated heterocycles. The third kappa shape index (κ3) is 2.56. The Balaban J connectivity index is 1.84. The van der Waals surface area contributed by atoms with Crippen molar-refractivity contribution in [1.82, 2.24) is 0 Å². The van der Waals surface area contributed by atoms with Crippen LogP contribution in [0.5, 0.6) is 0 Å². The van der Waals surface area contributed by atoms with E-state index in [0.717, 1.165) is 24.3 Å². The van der Waals surface area contributed by atoms with Gasteiger partial charge in [0.1, 0.15) is 6.07 Å². The highest BCUT2D eigenvalue weighted by Gasteiger charge is 2.09. The second-order valence-electron chi connectivity index (χ2n) is 4.83. The smallest absolute Gasteiger partial charge is 0.101 e. The lowest BCUT2D eigenvalue weighted by atomic mass is 10.0. The number of aryl methyl sites for hydroxylation is 1. The number of fused-ring (bicyclic) bond motifs is 1. The normalized spacial score (nSPS) is 13.0. The summed E-state index contributed by atoms with van der Waals surface area (Å²) in [6, 6.07) is 13.7. The highest BCUT2D eigenvalue weighted by molar-refractivity contribution is 6.32. The van der Waals surface area contributed by atoms with Gasteiger partial charge in [-0.2, -0.15) is 5.26 Å². The molecule has 0 fully saturated rings. The van der Waals surface area contributed by atoms with E-state index in [-0.39, 0.29) is 0 Å². The molecule has 1 aliphatic rings. The molecular formula is C16H14ClN3. The zero-order valence-electron chi connectivity index (χ0n) is 10.9. The number of nitrogens with one attached hydrogen (secondary N) is 2. The van der Waals surface area contributed by atoms with Crippen LogP contribution in [0.2, 0.25) is 5.02 Å². The van der Waals surface area contributed by atoms with Gasteiger partial charge < -0.3 is 10.6 Å². The van der Waals surface area contributed by atoms with Crippen LogP contribution in [0.15, 0.2) is 36.4 Å². The summed E-state index contributed by atoms with van der Waals surface area (Å²) in [7, 11) is 0. The minimum Gasteiger partial charge on any atom is -0.385 e. The fourth-order valence-corrected chi connectivity index (χ4v) is 2.63. The van der Waals surface area contributed by atoms with Crippen LogP contribution in [0.1, 0.15) is 17.5 Å². The summed E-state index contributed by atoms with van der Waals surface area (Å²) in [5.74, 6) is 0. The Morgan fingerprint density at radius 2 is 1.95 bits per heavy atom. The van der Waals surface area contributed by atoms with Gasteiger partial charge in [-0.05, 0) is 54.8 Å². The minimum absolute atomic E-state index is 0.470. The van der Waals surface area contributed by atoms with Crippen molar-refractivity contribution in [2.45, 2.75) is 12.8 Å². The molecule has 0 amide bonds. The maximum Gasteiger partial charge on any atom is 0.101 e. The van der Waals surface area contributed by atoms with Gasteiger partial charge in [0.15, 0.2) is 0 Å². The molecule has 4 heteroatoms. The Morgan fingerprint density at radius 3 is 2.75 bits per heavy atom. The molecule has 2 aromatic rings. The van der Waals surface area contributed by atoms with Gasteiger partial charge >= 0.3 is 0 Å². The fraction of sp³-hybridized carbons (Fsp3) is 0.188. The first-order valence-electron chi connectivity index (χ1n) is 6.60. The summed E-state index contributed by atoms with van der Waals surface area (Å²) in [6.45, 7) is 1.05. The van der Waals surface area contributed by atoms with Gasteiger partial charge in [0.25, 0.3) is 0 Å². The van der Waals surface area contributed by atoms with Gasteiger partial charge in [-0.15, -0.1) is 0 Å². The van der Waals surface area contributed by atoms with Crippen LogP contribution in [0.3, 0.4) is 0 Å². The van der Waals surface area contributed by atoms with E-state index in [1.165, 1.54) is 17.7 Å². The molecule has 0 bridgehead atoms. The molecule has 0 saturated carbocycles. The summed E-state index contributed by atoms with van der Waals surface area (Å²) in [6.07, 6.45) is 2.27. The Morgan fingerprint density at radius 1 is 1.15 bits per heavy atom. The average molecular weight is 284 g/mol. The lowest BCUT2D eigenvalue weighted by molar-refractivity contribution is 0.831. The summed E-state index contributed by atoms with van der Waals surface area (Å²) >= 11 is 6.04. The monoisotopic (exact) mass is 283 g/mol. The molecule has 0 aromatic heterocycles. The lowest BCUT2D eigenvalue weighted by Gasteiger charge is -2.19. The Hall–Kier alpha value is -2.18. The largest absolute Gasteiger partial charge is 0.385 e. The number of rotatable bonds is 2. The standard InChI is InChI=1S/C16H14ClN3/c17-15-9-14(4-3-12(15)10-18)20-13-5-6-16-11(8-13)2-1-7-19-16/h3-6,8-9,19-20H,1-2,7H2. The highest BCUT2D eigenvalue weighted by atomic mass is 35.5. The first-order chi connectivity index (χ1) is 9.76. The molecule has 2 N–H and O–H groups in total. The Labute approximate surface area is 123 Å². The van der Waals surface area contributed by atoms with E-state index in [2.05, 4.69) is 28.8 Å². The number of hydrogen-bond acceptors (Lipinski definition) is 3. The second kappa shape index (κ2) is 5.44. The number of halogens is 1. The SMILES string of the molecule is N#Cc1ccc(Nc2ccc3c(c2)CCCN3)cc1Cl. The first-order valence-corrected chi connectivity index (χ1v) is 6.97. The predicted octanol–water partition coefficient (Wildman–Crippen LogP) is 4.31. The molecule has 1 aliphatic heterocycles. The maximum atomic E-state index is 8.87. The molecule has 3 rings (SSSR count). The van der Waals surface area contributed by atoms with Crippen molar-refractivity contribution in [3.8, 4) is 6.07 Å². The van der Waals surface area contributed by atoms with Crippen molar-refractivity contribution in [2.75, 3.05) is 17.2 Å². The Kier molecular flexibility index (Phi) is 3.49. The van der Waals surface area contributed by atoms with Gasteiger partial charge in [-0.25, -0.2) is 0 Å². The highest BCUT2D eigenvalue weighted by Crippen LogP contribution is 2.28.